The van der Waals surface area contributed by atoms with Gasteiger partial charge in [-0.25, -0.2) is 15.0 Å². The molecular weight excluding hydrogens is 362 g/mol. The van der Waals surface area contributed by atoms with Crippen molar-refractivity contribution in [2.24, 2.45) is 0 Å². The number of anilines is 2. The lowest BCUT2D eigenvalue weighted by Crippen LogP contribution is -2.12. The maximum Gasteiger partial charge on any atom is 0.242 e. The van der Waals surface area contributed by atoms with E-state index in [0.717, 1.165) is 38.4 Å². The summed E-state index contributed by atoms with van der Waals surface area (Å²) >= 11 is 1.40. The molecule has 0 amide bonds. The van der Waals surface area contributed by atoms with Crippen LogP contribution in [0.4, 0.5) is 11.5 Å². The molecule has 2 heterocycles. The zero-order valence-electron chi connectivity index (χ0n) is 15.1. The van der Waals surface area contributed by atoms with Crippen molar-refractivity contribution in [2.75, 3.05) is 26.2 Å². The highest BCUT2D eigenvalue weighted by Gasteiger charge is 2.17. The van der Waals surface area contributed by atoms with Crippen LogP contribution in [0.3, 0.4) is 0 Å². The minimum atomic E-state index is 0.0475. The lowest BCUT2D eigenvalue weighted by molar-refractivity contribution is 0.401. The number of hydrogen-bond donors (Lipinski definition) is 1. The van der Waals surface area contributed by atoms with Crippen LogP contribution in [-0.4, -0.2) is 42.1 Å². The molecule has 4 aromatic rings. The van der Waals surface area contributed by atoms with Gasteiger partial charge in [0.05, 0.1) is 35.3 Å². The molecule has 0 saturated carbocycles. The SMILES string of the molecule is COC(=N)c1nc2ccc3ncnc(N(C)c4ccc(OC)cc4)c3c2s1. The van der Waals surface area contributed by atoms with E-state index in [2.05, 4.69) is 15.0 Å². The van der Waals surface area contributed by atoms with Gasteiger partial charge in [0.1, 0.15) is 17.9 Å². The number of aromatic nitrogens is 3. The summed E-state index contributed by atoms with van der Waals surface area (Å²) in [6.45, 7) is 0. The van der Waals surface area contributed by atoms with E-state index in [0.29, 0.717) is 5.01 Å². The maximum atomic E-state index is 7.90. The molecule has 8 heteroatoms. The van der Waals surface area contributed by atoms with E-state index in [1.165, 1.54) is 18.4 Å². The van der Waals surface area contributed by atoms with E-state index in [1.54, 1.807) is 13.4 Å². The van der Waals surface area contributed by atoms with Gasteiger partial charge in [-0.15, -0.1) is 11.3 Å². The number of nitrogens with one attached hydrogen (secondary N) is 1. The van der Waals surface area contributed by atoms with E-state index < -0.39 is 0 Å². The van der Waals surface area contributed by atoms with Crippen molar-refractivity contribution >= 4 is 49.9 Å². The van der Waals surface area contributed by atoms with Crippen molar-refractivity contribution in [3.05, 3.63) is 47.7 Å². The normalized spacial score (nSPS) is 10.9. The smallest absolute Gasteiger partial charge is 0.242 e. The molecule has 0 fully saturated rings. The largest absolute Gasteiger partial charge is 0.497 e. The van der Waals surface area contributed by atoms with Crippen molar-refractivity contribution in [1.29, 1.82) is 5.41 Å². The first-order valence-corrected chi connectivity index (χ1v) is 8.99. The summed E-state index contributed by atoms with van der Waals surface area (Å²) in [5, 5.41) is 9.34. The Morgan fingerprint density at radius 1 is 1.04 bits per heavy atom. The second-order valence-electron chi connectivity index (χ2n) is 5.81. The van der Waals surface area contributed by atoms with Gasteiger partial charge in [0.15, 0.2) is 5.01 Å². The van der Waals surface area contributed by atoms with E-state index >= 15 is 0 Å². The average Bonchev–Trinajstić information content (AvgIpc) is 3.17. The Morgan fingerprint density at radius 3 is 2.48 bits per heavy atom. The van der Waals surface area contributed by atoms with Crippen molar-refractivity contribution in [3.63, 3.8) is 0 Å². The van der Waals surface area contributed by atoms with Crippen LogP contribution in [0.15, 0.2) is 42.7 Å². The summed E-state index contributed by atoms with van der Waals surface area (Å²) in [6, 6.07) is 11.6. The van der Waals surface area contributed by atoms with E-state index in [4.69, 9.17) is 14.9 Å². The molecule has 0 aliphatic heterocycles. The highest BCUT2D eigenvalue weighted by molar-refractivity contribution is 7.21. The summed E-state index contributed by atoms with van der Waals surface area (Å²) in [7, 11) is 5.08. The molecule has 0 aliphatic rings. The molecule has 2 aromatic heterocycles. The third-order valence-corrected chi connectivity index (χ3v) is 5.40. The van der Waals surface area contributed by atoms with Gasteiger partial charge in [0.2, 0.25) is 5.90 Å². The van der Waals surface area contributed by atoms with E-state index in [1.807, 2.05) is 48.3 Å². The third-order valence-electron chi connectivity index (χ3n) is 4.31. The van der Waals surface area contributed by atoms with Gasteiger partial charge in [-0.05, 0) is 36.4 Å². The van der Waals surface area contributed by atoms with Crippen LogP contribution in [0, 0.1) is 5.41 Å². The summed E-state index contributed by atoms with van der Waals surface area (Å²) < 4.78 is 11.2. The fourth-order valence-corrected chi connectivity index (χ4v) is 3.91. The Balaban J connectivity index is 1.91. The number of ether oxygens (including phenoxy) is 2. The molecule has 7 nitrogen and oxygen atoms in total. The number of hydrogen-bond acceptors (Lipinski definition) is 8. The Bertz CT molecular complexity index is 1140. The quantitative estimate of drug-likeness (QED) is 0.426. The van der Waals surface area contributed by atoms with Crippen molar-refractivity contribution in [1.82, 2.24) is 15.0 Å². The van der Waals surface area contributed by atoms with Gasteiger partial charge in [-0.3, -0.25) is 5.41 Å². The summed E-state index contributed by atoms with van der Waals surface area (Å²) in [5.41, 5.74) is 2.60. The fourth-order valence-electron chi connectivity index (χ4n) is 2.88. The van der Waals surface area contributed by atoms with Crippen LogP contribution < -0.4 is 9.64 Å². The molecule has 1 N–H and O–H groups in total. The van der Waals surface area contributed by atoms with Gasteiger partial charge in [-0.2, -0.15) is 0 Å². The number of fused-ring (bicyclic) bond motifs is 3. The summed E-state index contributed by atoms with van der Waals surface area (Å²) in [5.74, 6) is 1.62. The molecule has 0 bridgehead atoms. The van der Waals surface area contributed by atoms with Crippen molar-refractivity contribution in [2.45, 2.75) is 0 Å². The minimum Gasteiger partial charge on any atom is -0.497 e. The predicted octanol–water partition coefficient (Wildman–Crippen LogP) is 3.99. The molecule has 136 valence electrons. The van der Waals surface area contributed by atoms with Crippen LogP contribution in [0.1, 0.15) is 5.01 Å². The molecule has 0 aliphatic carbocycles. The third kappa shape index (κ3) is 2.93. The molecule has 0 atom stereocenters. The highest BCUT2D eigenvalue weighted by atomic mass is 32.1. The Hall–Kier alpha value is -3.26. The lowest BCUT2D eigenvalue weighted by Gasteiger charge is -2.20. The van der Waals surface area contributed by atoms with Gasteiger partial charge < -0.3 is 14.4 Å². The number of nitrogens with zero attached hydrogens (tertiary/aromatic N) is 4. The Morgan fingerprint density at radius 2 is 1.78 bits per heavy atom. The van der Waals surface area contributed by atoms with Gasteiger partial charge >= 0.3 is 0 Å². The summed E-state index contributed by atoms with van der Waals surface area (Å²) in [6.07, 6.45) is 1.56. The molecular formula is C19H17N5O2S. The van der Waals surface area contributed by atoms with Crippen LogP contribution in [0.25, 0.3) is 21.1 Å². The standard InChI is InChI=1S/C19H17N5O2S/c1-24(11-4-6-12(25-2)7-5-11)18-15-13(21-10-22-18)8-9-14-16(15)27-19(23-14)17(20)26-3/h4-10,20H,1-3H3. The predicted molar refractivity (Wildman–Crippen MR) is 108 cm³/mol. The molecule has 0 unspecified atom stereocenters. The maximum absolute atomic E-state index is 7.90. The van der Waals surface area contributed by atoms with Crippen molar-refractivity contribution in [3.8, 4) is 5.75 Å². The number of thiazole rings is 1. The zero-order valence-corrected chi connectivity index (χ0v) is 15.9. The average molecular weight is 379 g/mol. The van der Waals surface area contributed by atoms with Gasteiger partial charge in [-0.1, -0.05) is 0 Å². The molecule has 2 aromatic carbocycles. The van der Waals surface area contributed by atoms with E-state index in [-0.39, 0.29) is 5.90 Å². The Kier molecular flexibility index (Phi) is 4.33. The lowest BCUT2D eigenvalue weighted by atomic mass is 10.2. The number of methoxy groups -OCH3 is 2. The molecule has 0 saturated heterocycles. The summed E-state index contributed by atoms with van der Waals surface area (Å²) in [4.78, 5) is 15.4. The van der Waals surface area contributed by atoms with Gasteiger partial charge in [0.25, 0.3) is 0 Å². The first-order valence-electron chi connectivity index (χ1n) is 8.17. The Labute approximate surface area is 159 Å². The number of benzene rings is 2. The molecule has 4 rings (SSSR count). The molecule has 0 spiro atoms. The second-order valence-corrected chi connectivity index (χ2v) is 6.81. The first kappa shape index (κ1) is 17.2. The van der Waals surface area contributed by atoms with Crippen molar-refractivity contribution < 1.29 is 9.47 Å². The van der Waals surface area contributed by atoms with Crippen LogP contribution >= 0.6 is 11.3 Å². The topological polar surface area (TPSA) is 84.2 Å². The fraction of sp³-hybridized carbons (Fsp3) is 0.158. The molecule has 27 heavy (non-hydrogen) atoms. The highest BCUT2D eigenvalue weighted by Crippen LogP contribution is 2.36. The van der Waals surface area contributed by atoms with Gasteiger partial charge in [0, 0.05) is 12.7 Å². The molecule has 0 radical (unpaired) electrons. The first-order chi connectivity index (χ1) is 13.1. The zero-order chi connectivity index (χ0) is 19.0. The van der Waals surface area contributed by atoms with Crippen LogP contribution in [-0.2, 0) is 4.74 Å². The minimum absolute atomic E-state index is 0.0475. The second kappa shape index (κ2) is 6.81. The number of rotatable bonds is 4. The van der Waals surface area contributed by atoms with Crippen LogP contribution in [0.2, 0.25) is 0 Å². The monoisotopic (exact) mass is 379 g/mol. The van der Waals surface area contributed by atoms with Crippen LogP contribution in [0.5, 0.6) is 5.75 Å². The van der Waals surface area contributed by atoms with E-state index in [9.17, 15) is 0 Å².